The first-order valence-corrected chi connectivity index (χ1v) is 9.01. The van der Waals surface area contributed by atoms with Crippen LogP contribution in [-0.4, -0.2) is 20.5 Å². The molecule has 3 N–H and O–H groups in total. The molecule has 0 radical (unpaired) electrons. The minimum absolute atomic E-state index is 0.0333. The van der Waals surface area contributed by atoms with Gasteiger partial charge in [-0.05, 0) is 30.9 Å². The number of halogens is 3. The Kier molecular flexibility index (Phi) is 5.08. The van der Waals surface area contributed by atoms with Gasteiger partial charge in [-0.1, -0.05) is 31.9 Å². The second-order valence-corrected chi connectivity index (χ2v) is 7.76. The van der Waals surface area contributed by atoms with Crippen LogP contribution in [0.3, 0.4) is 0 Å². The highest BCUT2D eigenvalue weighted by Gasteiger charge is 2.43. The molecule has 4 nitrogen and oxygen atoms in total. The Bertz CT molecular complexity index is 661. The third-order valence-corrected chi connectivity index (χ3v) is 6.25. The van der Waals surface area contributed by atoms with Crippen LogP contribution < -0.4 is 10.5 Å². The highest BCUT2D eigenvalue weighted by Crippen LogP contribution is 2.37. The van der Waals surface area contributed by atoms with Crippen molar-refractivity contribution in [3.63, 3.8) is 0 Å². The van der Waals surface area contributed by atoms with Crippen LogP contribution in [0.1, 0.15) is 38.2 Å². The number of sulfonamides is 1. The Hall–Kier alpha value is -1.12. The van der Waals surface area contributed by atoms with Gasteiger partial charge >= 0.3 is 6.18 Å². The molecule has 0 saturated heterocycles. The van der Waals surface area contributed by atoms with E-state index in [-0.39, 0.29) is 12.5 Å². The van der Waals surface area contributed by atoms with Crippen molar-refractivity contribution in [1.82, 2.24) is 4.72 Å². The minimum Gasteiger partial charge on any atom is -0.329 e. The smallest absolute Gasteiger partial charge is 0.329 e. The summed E-state index contributed by atoms with van der Waals surface area (Å²) in [6, 6.07) is 4.20. The van der Waals surface area contributed by atoms with Gasteiger partial charge in [0.15, 0.2) is 0 Å². The predicted octanol–water partition coefficient (Wildman–Crippen LogP) is 2.89. The highest BCUT2D eigenvalue weighted by atomic mass is 32.2. The molecule has 0 aliphatic heterocycles. The van der Waals surface area contributed by atoms with E-state index in [0.717, 1.165) is 31.4 Å². The molecule has 0 heterocycles. The summed E-state index contributed by atoms with van der Waals surface area (Å²) < 4.78 is 67.0. The number of nitrogens with two attached hydrogens (primary N) is 1. The lowest BCUT2D eigenvalue weighted by Gasteiger charge is -2.42. The minimum atomic E-state index is -4.74. The molecule has 0 amide bonds. The van der Waals surface area contributed by atoms with Crippen molar-refractivity contribution in [3.8, 4) is 0 Å². The molecule has 1 aliphatic rings. The Labute approximate surface area is 134 Å². The van der Waals surface area contributed by atoms with Crippen LogP contribution in [0, 0.1) is 5.92 Å². The molecule has 1 aliphatic carbocycles. The van der Waals surface area contributed by atoms with Crippen molar-refractivity contribution in [1.29, 1.82) is 0 Å². The van der Waals surface area contributed by atoms with Gasteiger partial charge in [0.2, 0.25) is 10.0 Å². The predicted molar refractivity (Wildman–Crippen MR) is 81.2 cm³/mol. The van der Waals surface area contributed by atoms with E-state index in [2.05, 4.69) is 4.72 Å². The molecular weight excluding hydrogens is 329 g/mol. The largest absolute Gasteiger partial charge is 0.417 e. The molecular formula is C15H21F3N2O2S. The van der Waals surface area contributed by atoms with Gasteiger partial charge in [-0.15, -0.1) is 0 Å². The molecule has 0 spiro atoms. The average molecular weight is 350 g/mol. The van der Waals surface area contributed by atoms with Crippen LogP contribution in [0.25, 0.3) is 0 Å². The Morgan fingerprint density at radius 2 is 1.96 bits per heavy atom. The lowest BCUT2D eigenvalue weighted by molar-refractivity contribution is -0.139. The summed E-state index contributed by atoms with van der Waals surface area (Å²) in [7, 11) is -4.33. The molecule has 2 rings (SSSR count). The zero-order chi connectivity index (χ0) is 17.3. The molecule has 23 heavy (non-hydrogen) atoms. The Morgan fingerprint density at radius 1 is 1.30 bits per heavy atom. The second kappa shape index (κ2) is 6.41. The first-order valence-electron chi connectivity index (χ1n) is 7.53. The van der Waals surface area contributed by atoms with E-state index >= 15 is 0 Å². The molecule has 1 aromatic rings. The van der Waals surface area contributed by atoms with Crippen LogP contribution in [0.2, 0.25) is 0 Å². The van der Waals surface area contributed by atoms with E-state index in [0.29, 0.717) is 6.42 Å². The average Bonchev–Trinajstić information content (AvgIpc) is 2.49. The maximum atomic E-state index is 13.1. The fourth-order valence-corrected chi connectivity index (χ4v) is 4.93. The zero-order valence-corrected chi connectivity index (χ0v) is 13.7. The van der Waals surface area contributed by atoms with Crippen molar-refractivity contribution in [3.05, 3.63) is 29.8 Å². The van der Waals surface area contributed by atoms with Gasteiger partial charge in [-0.25, -0.2) is 13.1 Å². The third-order valence-electron chi connectivity index (χ3n) is 4.64. The summed E-state index contributed by atoms with van der Waals surface area (Å²) >= 11 is 0. The van der Waals surface area contributed by atoms with Gasteiger partial charge < -0.3 is 5.73 Å². The van der Waals surface area contributed by atoms with Crippen LogP contribution in [0.5, 0.6) is 0 Å². The summed E-state index contributed by atoms with van der Waals surface area (Å²) in [5, 5.41) is 0. The molecule has 1 aromatic carbocycles. The summed E-state index contributed by atoms with van der Waals surface area (Å²) in [5.74, 6) is -0.0333. The maximum Gasteiger partial charge on any atom is 0.417 e. The van der Waals surface area contributed by atoms with E-state index in [4.69, 9.17) is 5.73 Å². The number of rotatable bonds is 4. The van der Waals surface area contributed by atoms with Crippen LogP contribution in [0.15, 0.2) is 29.2 Å². The molecule has 0 aromatic heterocycles. The monoisotopic (exact) mass is 350 g/mol. The highest BCUT2D eigenvalue weighted by molar-refractivity contribution is 7.89. The Balaban J connectivity index is 2.43. The van der Waals surface area contributed by atoms with E-state index in [1.807, 2.05) is 6.92 Å². The molecule has 130 valence electrons. The number of nitrogens with one attached hydrogen (secondary N) is 1. The SMILES string of the molecule is CC1CCCCC1(CN)NS(=O)(=O)c1ccccc1C(F)(F)F. The lowest BCUT2D eigenvalue weighted by atomic mass is 9.74. The number of hydrogen-bond acceptors (Lipinski definition) is 3. The van der Waals surface area contributed by atoms with E-state index in [1.54, 1.807) is 0 Å². The lowest BCUT2D eigenvalue weighted by Crippen LogP contribution is -2.59. The molecule has 2 unspecified atom stereocenters. The van der Waals surface area contributed by atoms with Crippen LogP contribution >= 0.6 is 0 Å². The van der Waals surface area contributed by atoms with Gasteiger partial charge in [-0.2, -0.15) is 13.2 Å². The quantitative estimate of drug-likeness (QED) is 0.877. The van der Waals surface area contributed by atoms with Crippen molar-refractivity contribution in [2.45, 2.75) is 49.2 Å². The van der Waals surface area contributed by atoms with Gasteiger partial charge in [-0.3, -0.25) is 0 Å². The number of benzene rings is 1. The maximum absolute atomic E-state index is 13.1. The zero-order valence-electron chi connectivity index (χ0n) is 12.9. The van der Waals surface area contributed by atoms with Crippen molar-refractivity contribution in [2.75, 3.05) is 6.54 Å². The number of hydrogen-bond donors (Lipinski definition) is 2. The Morgan fingerprint density at radius 3 is 2.52 bits per heavy atom. The normalized spacial score (nSPS) is 26.2. The standard InChI is InChI=1S/C15H21F3N2O2S/c1-11-6-4-5-9-14(11,10-19)20-23(21,22)13-8-3-2-7-12(13)15(16,17)18/h2-3,7-8,11,20H,4-6,9-10,19H2,1H3. The van der Waals surface area contributed by atoms with Crippen molar-refractivity contribution < 1.29 is 21.6 Å². The van der Waals surface area contributed by atoms with Gasteiger partial charge in [0.1, 0.15) is 0 Å². The van der Waals surface area contributed by atoms with Crippen molar-refractivity contribution in [2.24, 2.45) is 11.7 Å². The van der Waals surface area contributed by atoms with Crippen LogP contribution in [-0.2, 0) is 16.2 Å². The second-order valence-electron chi connectivity index (χ2n) is 6.11. The van der Waals surface area contributed by atoms with Gasteiger partial charge in [0.05, 0.1) is 10.5 Å². The summed E-state index contributed by atoms with van der Waals surface area (Å²) in [5.41, 5.74) is 3.73. The third kappa shape index (κ3) is 3.70. The number of alkyl halides is 3. The molecule has 1 saturated carbocycles. The van der Waals surface area contributed by atoms with E-state index < -0.39 is 32.2 Å². The van der Waals surface area contributed by atoms with Crippen molar-refractivity contribution >= 4 is 10.0 Å². The van der Waals surface area contributed by atoms with Crippen LogP contribution in [0.4, 0.5) is 13.2 Å². The summed E-state index contributed by atoms with van der Waals surface area (Å²) in [6.07, 6.45) is -1.66. The first-order chi connectivity index (χ1) is 10.6. The fraction of sp³-hybridized carbons (Fsp3) is 0.600. The van der Waals surface area contributed by atoms with E-state index in [9.17, 15) is 21.6 Å². The summed E-state index contributed by atoms with van der Waals surface area (Å²) in [6.45, 7) is 1.94. The van der Waals surface area contributed by atoms with Gasteiger partial charge in [0.25, 0.3) is 0 Å². The molecule has 0 bridgehead atoms. The summed E-state index contributed by atoms with van der Waals surface area (Å²) in [4.78, 5) is -0.752. The molecule has 8 heteroatoms. The topological polar surface area (TPSA) is 72.2 Å². The van der Waals surface area contributed by atoms with E-state index in [1.165, 1.54) is 12.1 Å². The molecule has 2 atom stereocenters. The van der Waals surface area contributed by atoms with Gasteiger partial charge in [0, 0.05) is 12.1 Å². The fourth-order valence-electron chi connectivity index (χ4n) is 3.17. The molecule has 1 fully saturated rings. The first kappa shape index (κ1) is 18.2.